The van der Waals surface area contributed by atoms with E-state index in [0.717, 1.165) is 24.8 Å². The van der Waals surface area contributed by atoms with E-state index in [1.807, 2.05) is 23.1 Å². The third kappa shape index (κ3) is 4.30. The summed E-state index contributed by atoms with van der Waals surface area (Å²) in [6, 6.07) is 9.18. The van der Waals surface area contributed by atoms with E-state index in [0.29, 0.717) is 48.3 Å². The number of benzene rings is 1. The molecule has 1 aromatic carbocycles. The molecule has 4 rings (SSSR count). The molecular weight excluding hydrogens is 396 g/mol. The summed E-state index contributed by atoms with van der Waals surface area (Å²) in [5.74, 6) is 0.429. The number of carbonyl (C=O) groups is 2. The van der Waals surface area contributed by atoms with E-state index in [4.69, 9.17) is 4.74 Å². The molecule has 2 aliphatic rings. The van der Waals surface area contributed by atoms with Crippen LogP contribution >= 0.6 is 11.3 Å². The van der Waals surface area contributed by atoms with Gasteiger partial charge >= 0.3 is 0 Å². The Hall–Kier alpha value is -2.18. The largest absolute Gasteiger partial charge is 0.378 e. The molecule has 5 nitrogen and oxygen atoms in total. The second-order valence-electron chi connectivity index (χ2n) is 9.24. The molecule has 2 heterocycles. The number of nitrogens with one attached hydrogen (secondary N) is 1. The van der Waals surface area contributed by atoms with Crippen molar-refractivity contribution in [2.75, 3.05) is 31.6 Å². The number of hydrogen-bond acceptors (Lipinski definition) is 4. The van der Waals surface area contributed by atoms with Gasteiger partial charge in [-0.1, -0.05) is 39.0 Å². The Morgan fingerprint density at radius 3 is 2.50 bits per heavy atom. The van der Waals surface area contributed by atoms with Crippen LogP contribution < -0.4 is 5.32 Å². The first kappa shape index (κ1) is 21.1. The number of carbonyl (C=O) groups excluding carboxylic acids is 2. The third-order valence-corrected chi connectivity index (χ3v) is 7.44. The lowest BCUT2D eigenvalue weighted by Crippen LogP contribution is -2.41. The van der Waals surface area contributed by atoms with Gasteiger partial charge in [-0.3, -0.25) is 9.59 Å². The Bertz CT molecular complexity index is 924. The summed E-state index contributed by atoms with van der Waals surface area (Å²) in [6.45, 7) is 9.18. The lowest BCUT2D eigenvalue weighted by atomic mass is 9.72. The molecule has 0 bridgehead atoms. The highest BCUT2D eigenvalue weighted by Gasteiger charge is 2.35. The summed E-state index contributed by atoms with van der Waals surface area (Å²) in [4.78, 5) is 29.4. The first-order chi connectivity index (χ1) is 14.3. The van der Waals surface area contributed by atoms with Crippen molar-refractivity contribution in [3.63, 3.8) is 0 Å². The van der Waals surface area contributed by atoms with Gasteiger partial charge in [0.05, 0.1) is 18.8 Å². The number of amides is 2. The molecular formula is C24H30N2O3S. The molecule has 1 aliphatic carbocycles. The van der Waals surface area contributed by atoms with Gasteiger partial charge in [0.2, 0.25) is 0 Å². The minimum Gasteiger partial charge on any atom is -0.378 e. The van der Waals surface area contributed by atoms with Crippen LogP contribution in [0.5, 0.6) is 0 Å². The molecule has 1 fully saturated rings. The molecule has 2 aromatic rings. The van der Waals surface area contributed by atoms with Gasteiger partial charge in [0.1, 0.15) is 5.00 Å². The molecule has 0 spiro atoms. The van der Waals surface area contributed by atoms with Crippen LogP contribution in [0.15, 0.2) is 30.3 Å². The SMILES string of the molecule is CC(C)(C)[C@@H]1CCc2c(sc(NC(=O)c3ccccc3)c2C(=O)N2CCOCC2)C1. The van der Waals surface area contributed by atoms with Crippen LogP contribution in [0.2, 0.25) is 0 Å². The fourth-order valence-corrected chi connectivity index (χ4v) is 5.64. The number of fused-ring (bicyclic) bond motifs is 1. The molecule has 30 heavy (non-hydrogen) atoms. The fraction of sp³-hybridized carbons (Fsp3) is 0.500. The molecule has 1 N–H and O–H groups in total. The Morgan fingerprint density at radius 2 is 1.83 bits per heavy atom. The van der Waals surface area contributed by atoms with Crippen LogP contribution in [0.4, 0.5) is 5.00 Å². The average molecular weight is 427 g/mol. The molecule has 0 radical (unpaired) electrons. The molecule has 160 valence electrons. The van der Waals surface area contributed by atoms with E-state index in [9.17, 15) is 9.59 Å². The van der Waals surface area contributed by atoms with Crippen LogP contribution in [0.1, 0.15) is 58.3 Å². The number of thiophene rings is 1. The molecule has 0 unspecified atom stereocenters. The van der Waals surface area contributed by atoms with Gasteiger partial charge in [-0.05, 0) is 48.3 Å². The molecule has 1 atom stereocenters. The number of hydrogen-bond donors (Lipinski definition) is 1. The average Bonchev–Trinajstić information content (AvgIpc) is 3.10. The second-order valence-corrected chi connectivity index (χ2v) is 10.3. The number of anilines is 1. The first-order valence-electron chi connectivity index (χ1n) is 10.7. The summed E-state index contributed by atoms with van der Waals surface area (Å²) in [5, 5.41) is 3.75. The van der Waals surface area contributed by atoms with Crippen LogP contribution in [-0.2, 0) is 17.6 Å². The zero-order valence-corrected chi connectivity index (χ0v) is 18.8. The highest BCUT2D eigenvalue weighted by atomic mass is 32.1. The van der Waals surface area contributed by atoms with E-state index in [1.54, 1.807) is 23.5 Å². The molecule has 1 aliphatic heterocycles. The maximum absolute atomic E-state index is 13.5. The molecule has 1 saturated heterocycles. The number of morpholine rings is 1. The summed E-state index contributed by atoms with van der Waals surface area (Å²) in [7, 11) is 0. The van der Waals surface area contributed by atoms with Crippen molar-refractivity contribution in [1.82, 2.24) is 4.90 Å². The standard InChI is InChI=1S/C24H30N2O3S/c1-24(2,3)17-9-10-18-19(15-17)30-22(25-21(27)16-7-5-4-6-8-16)20(18)23(28)26-11-13-29-14-12-26/h4-8,17H,9-15H2,1-3H3,(H,25,27)/t17-/m1/s1. The Labute approximate surface area is 182 Å². The van der Waals surface area contributed by atoms with Crippen molar-refractivity contribution in [1.29, 1.82) is 0 Å². The van der Waals surface area contributed by atoms with Crippen molar-refractivity contribution >= 4 is 28.2 Å². The number of ether oxygens (including phenoxy) is 1. The zero-order valence-electron chi connectivity index (χ0n) is 18.0. The van der Waals surface area contributed by atoms with Crippen LogP contribution in [0.3, 0.4) is 0 Å². The van der Waals surface area contributed by atoms with Gasteiger partial charge in [-0.25, -0.2) is 0 Å². The van der Waals surface area contributed by atoms with Crippen molar-refractivity contribution in [3.8, 4) is 0 Å². The minimum absolute atomic E-state index is 0.0216. The van der Waals surface area contributed by atoms with Crippen molar-refractivity contribution in [3.05, 3.63) is 51.9 Å². The summed E-state index contributed by atoms with van der Waals surface area (Å²) in [5.41, 5.74) is 2.67. The second kappa shape index (κ2) is 8.52. The predicted octanol–water partition coefficient (Wildman–Crippen LogP) is 4.62. The lowest BCUT2D eigenvalue weighted by molar-refractivity contribution is 0.0303. The molecule has 6 heteroatoms. The fourth-order valence-electron chi connectivity index (χ4n) is 4.33. The predicted molar refractivity (Wildman–Crippen MR) is 120 cm³/mol. The van der Waals surface area contributed by atoms with Gasteiger partial charge in [0.25, 0.3) is 11.8 Å². The quantitative estimate of drug-likeness (QED) is 0.779. The molecule has 1 aromatic heterocycles. The lowest BCUT2D eigenvalue weighted by Gasteiger charge is -2.34. The van der Waals surface area contributed by atoms with Crippen LogP contribution in [0, 0.1) is 11.3 Å². The van der Waals surface area contributed by atoms with Crippen LogP contribution in [0.25, 0.3) is 0 Å². The van der Waals surface area contributed by atoms with E-state index < -0.39 is 0 Å². The van der Waals surface area contributed by atoms with Crippen LogP contribution in [-0.4, -0.2) is 43.0 Å². The Morgan fingerprint density at radius 1 is 1.13 bits per heavy atom. The van der Waals surface area contributed by atoms with E-state index in [1.165, 1.54) is 4.88 Å². The number of rotatable bonds is 3. The molecule has 2 amide bonds. The van der Waals surface area contributed by atoms with Gasteiger partial charge in [0, 0.05) is 23.5 Å². The monoisotopic (exact) mass is 426 g/mol. The minimum atomic E-state index is -0.169. The highest BCUT2D eigenvalue weighted by molar-refractivity contribution is 7.17. The smallest absolute Gasteiger partial charge is 0.257 e. The van der Waals surface area contributed by atoms with Gasteiger partial charge < -0.3 is 15.0 Å². The third-order valence-electron chi connectivity index (χ3n) is 6.27. The summed E-state index contributed by atoms with van der Waals surface area (Å²) < 4.78 is 5.42. The van der Waals surface area contributed by atoms with Crippen molar-refractivity contribution in [2.45, 2.75) is 40.0 Å². The zero-order chi connectivity index (χ0) is 21.3. The van der Waals surface area contributed by atoms with E-state index in [-0.39, 0.29) is 17.2 Å². The van der Waals surface area contributed by atoms with Crippen molar-refractivity contribution in [2.24, 2.45) is 11.3 Å². The maximum atomic E-state index is 13.5. The van der Waals surface area contributed by atoms with E-state index in [2.05, 4.69) is 26.1 Å². The number of nitrogens with zero attached hydrogens (tertiary/aromatic N) is 1. The highest BCUT2D eigenvalue weighted by Crippen LogP contribution is 2.44. The normalized spacial score (nSPS) is 19.3. The first-order valence-corrected chi connectivity index (χ1v) is 11.5. The van der Waals surface area contributed by atoms with Gasteiger partial charge in [-0.2, -0.15) is 0 Å². The van der Waals surface area contributed by atoms with Gasteiger partial charge in [-0.15, -0.1) is 11.3 Å². The maximum Gasteiger partial charge on any atom is 0.257 e. The summed E-state index contributed by atoms with van der Waals surface area (Å²) in [6.07, 6.45) is 2.93. The summed E-state index contributed by atoms with van der Waals surface area (Å²) >= 11 is 1.59. The van der Waals surface area contributed by atoms with E-state index >= 15 is 0 Å². The van der Waals surface area contributed by atoms with Gasteiger partial charge in [0.15, 0.2) is 0 Å². The Balaban J connectivity index is 1.68. The topological polar surface area (TPSA) is 58.6 Å². The molecule has 0 saturated carbocycles. The Kier molecular flexibility index (Phi) is 5.98. The van der Waals surface area contributed by atoms with Crippen molar-refractivity contribution < 1.29 is 14.3 Å².